The van der Waals surface area contributed by atoms with Crippen LogP contribution >= 0.6 is 23.2 Å². The van der Waals surface area contributed by atoms with Crippen LogP contribution in [0, 0.1) is 0 Å². The average Bonchev–Trinajstić information content (AvgIpc) is 2.30. The van der Waals surface area contributed by atoms with Crippen molar-refractivity contribution in [2.45, 2.75) is 30.5 Å². The molecule has 0 radical (unpaired) electrons. The van der Waals surface area contributed by atoms with E-state index in [1.54, 1.807) is 0 Å². The van der Waals surface area contributed by atoms with Crippen molar-refractivity contribution in [2.24, 2.45) is 0 Å². The molecule has 1 aromatic rings. The van der Waals surface area contributed by atoms with E-state index in [2.05, 4.69) is 0 Å². The molecule has 0 saturated carbocycles. The summed E-state index contributed by atoms with van der Waals surface area (Å²) >= 11 is 10.9. The van der Waals surface area contributed by atoms with Gasteiger partial charge in [0.15, 0.2) is 0 Å². The van der Waals surface area contributed by atoms with Crippen molar-refractivity contribution >= 4 is 23.2 Å². The molecule has 0 bridgehead atoms. The number of hydrogen-bond acceptors (Lipinski definition) is 2. The lowest BCUT2D eigenvalue weighted by Crippen LogP contribution is -2.64. The van der Waals surface area contributed by atoms with Gasteiger partial charge < -0.3 is 10.2 Å². The fourth-order valence-electron chi connectivity index (χ4n) is 1.38. The normalized spacial score (nSPS) is 19.0. The molecule has 120 valence electrons. The molecule has 0 amide bonds. The van der Waals surface area contributed by atoms with Gasteiger partial charge in [-0.1, -0.05) is 29.3 Å². The summed E-state index contributed by atoms with van der Waals surface area (Å²) in [4.78, 5) is 0. The average molecular weight is 357 g/mol. The Morgan fingerprint density at radius 3 is 1.76 bits per heavy atom. The highest BCUT2D eigenvalue weighted by Gasteiger charge is 2.75. The Bertz CT molecular complexity index is 542. The van der Waals surface area contributed by atoms with Crippen molar-refractivity contribution in [3.05, 3.63) is 33.8 Å². The molecule has 0 saturated heterocycles. The van der Waals surface area contributed by atoms with Crippen molar-refractivity contribution in [1.82, 2.24) is 0 Å². The maximum atomic E-state index is 14.0. The van der Waals surface area contributed by atoms with Crippen LogP contribution < -0.4 is 0 Å². The van der Waals surface area contributed by atoms with Gasteiger partial charge in [0.2, 0.25) is 5.60 Å². The molecule has 2 atom stereocenters. The predicted octanol–water partition coefficient (Wildman–Crippen LogP) is 4.06. The lowest BCUT2D eigenvalue weighted by molar-refractivity contribution is -0.389. The van der Waals surface area contributed by atoms with Gasteiger partial charge in [-0.2, -0.15) is 26.3 Å². The van der Waals surface area contributed by atoms with Gasteiger partial charge in [-0.05, 0) is 19.1 Å². The molecule has 1 rings (SSSR count). The van der Waals surface area contributed by atoms with Crippen molar-refractivity contribution in [3.63, 3.8) is 0 Å². The lowest BCUT2D eigenvalue weighted by Gasteiger charge is -2.39. The second-order valence-electron chi connectivity index (χ2n) is 4.40. The minimum absolute atomic E-state index is 0.192. The first kappa shape index (κ1) is 18.3. The first-order valence-corrected chi connectivity index (χ1v) is 5.95. The standard InChI is InChI=1S/C11H8Cl2F6O2/c1-8(20,11(17,18)19)10(15,16)9(14,21)5-2-3-6(12)7(13)4-5/h2-4,20-21H,1H3. The second-order valence-corrected chi connectivity index (χ2v) is 5.21. The first-order valence-electron chi connectivity index (χ1n) is 5.20. The van der Waals surface area contributed by atoms with E-state index in [-0.39, 0.29) is 11.9 Å². The van der Waals surface area contributed by atoms with Crippen molar-refractivity contribution in [1.29, 1.82) is 0 Å². The van der Waals surface area contributed by atoms with E-state index < -0.39 is 34.1 Å². The van der Waals surface area contributed by atoms with E-state index in [1.807, 2.05) is 0 Å². The minimum Gasteiger partial charge on any atom is -0.376 e. The summed E-state index contributed by atoms with van der Waals surface area (Å²) in [5, 5.41) is 17.6. The second kappa shape index (κ2) is 5.19. The van der Waals surface area contributed by atoms with Crippen molar-refractivity contribution in [2.75, 3.05) is 0 Å². The predicted molar refractivity (Wildman–Crippen MR) is 63.1 cm³/mol. The molecule has 1 aromatic carbocycles. The fraction of sp³-hybridized carbons (Fsp3) is 0.455. The number of alkyl halides is 6. The SMILES string of the molecule is CC(O)(C(F)(F)F)C(F)(F)C(O)(F)c1ccc(Cl)c(Cl)c1. The van der Waals surface area contributed by atoms with Crippen LogP contribution in [0.1, 0.15) is 12.5 Å². The van der Waals surface area contributed by atoms with Crippen LogP contribution in [0.3, 0.4) is 0 Å². The highest BCUT2D eigenvalue weighted by atomic mass is 35.5. The zero-order valence-corrected chi connectivity index (χ0v) is 11.7. The molecule has 2 unspecified atom stereocenters. The summed E-state index contributed by atoms with van der Waals surface area (Å²) < 4.78 is 78.8. The highest BCUT2D eigenvalue weighted by molar-refractivity contribution is 6.42. The summed E-state index contributed by atoms with van der Waals surface area (Å²) in [6, 6.07) is 1.76. The maximum Gasteiger partial charge on any atom is 0.423 e. The van der Waals surface area contributed by atoms with Gasteiger partial charge >= 0.3 is 18.0 Å². The Balaban J connectivity index is 3.43. The van der Waals surface area contributed by atoms with Crippen LogP contribution in [0.4, 0.5) is 26.3 Å². The van der Waals surface area contributed by atoms with Crippen molar-refractivity contribution < 1.29 is 36.6 Å². The molecule has 0 aliphatic heterocycles. The third kappa shape index (κ3) is 2.81. The van der Waals surface area contributed by atoms with Crippen molar-refractivity contribution in [3.8, 4) is 0 Å². The monoisotopic (exact) mass is 356 g/mol. The van der Waals surface area contributed by atoms with Crippen LogP contribution in [-0.4, -0.2) is 27.9 Å². The van der Waals surface area contributed by atoms with E-state index in [4.69, 9.17) is 28.3 Å². The Labute approximate surface area is 124 Å². The molecule has 2 nitrogen and oxygen atoms in total. The summed E-state index contributed by atoms with van der Waals surface area (Å²) in [7, 11) is 0. The molecule has 21 heavy (non-hydrogen) atoms. The molecule has 2 N–H and O–H groups in total. The van der Waals surface area contributed by atoms with Crippen LogP contribution in [0.25, 0.3) is 0 Å². The third-order valence-corrected chi connectivity index (χ3v) is 3.62. The highest BCUT2D eigenvalue weighted by Crippen LogP contribution is 2.52. The van der Waals surface area contributed by atoms with Gasteiger partial charge in [0.25, 0.3) is 0 Å². The molecule has 0 heterocycles. The third-order valence-electron chi connectivity index (χ3n) is 2.88. The van der Waals surface area contributed by atoms with Crippen LogP contribution in [0.15, 0.2) is 18.2 Å². The number of rotatable bonds is 3. The summed E-state index contributed by atoms with van der Waals surface area (Å²) in [6.45, 7) is -0.352. The number of halogens is 8. The van der Waals surface area contributed by atoms with Gasteiger partial charge in [-0.3, -0.25) is 0 Å². The van der Waals surface area contributed by atoms with Crippen LogP contribution in [0.5, 0.6) is 0 Å². The van der Waals surface area contributed by atoms with Gasteiger partial charge in [0.05, 0.1) is 10.0 Å². The van der Waals surface area contributed by atoms with Gasteiger partial charge in [-0.15, -0.1) is 0 Å². The zero-order valence-electron chi connectivity index (χ0n) is 10.2. The largest absolute Gasteiger partial charge is 0.423 e. The molecule has 0 spiro atoms. The molecule has 0 aliphatic rings. The molecule has 0 aliphatic carbocycles. The Morgan fingerprint density at radius 1 is 0.905 bits per heavy atom. The Hall–Kier alpha value is -0.700. The van der Waals surface area contributed by atoms with E-state index >= 15 is 0 Å². The van der Waals surface area contributed by atoms with Gasteiger partial charge in [0, 0.05) is 5.56 Å². The summed E-state index contributed by atoms with van der Waals surface area (Å²) in [5.74, 6) is -10.4. The van der Waals surface area contributed by atoms with E-state index in [9.17, 15) is 31.4 Å². The van der Waals surface area contributed by atoms with E-state index in [0.29, 0.717) is 12.1 Å². The lowest BCUT2D eigenvalue weighted by atomic mass is 9.87. The topological polar surface area (TPSA) is 40.5 Å². The Kier molecular flexibility index (Phi) is 4.53. The fourth-order valence-corrected chi connectivity index (χ4v) is 1.68. The number of benzene rings is 1. The van der Waals surface area contributed by atoms with Crippen LogP contribution in [-0.2, 0) is 5.85 Å². The zero-order chi connectivity index (χ0) is 16.9. The quantitative estimate of drug-likeness (QED) is 0.802. The maximum absolute atomic E-state index is 14.0. The molecule has 0 fully saturated rings. The van der Waals surface area contributed by atoms with E-state index in [1.165, 1.54) is 0 Å². The smallest absolute Gasteiger partial charge is 0.376 e. The summed E-state index contributed by atoms with van der Waals surface area (Å²) in [5.41, 5.74) is -6.11. The molecular formula is C11H8Cl2F6O2. The Morgan fingerprint density at radius 2 is 1.38 bits per heavy atom. The molecular weight excluding hydrogens is 349 g/mol. The van der Waals surface area contributed by atoms with Crippen LogP contribution in [0.2, 0.25) is 10.0 Å². The van der Waals surface area contributed by atoms with Gasteiger partial charge in [0.1, 0.15) is 0 Å². The van der Waals surface area contributed by atoms with E-state index in [0.717, 1.165) is 6.07 Å². The summed E-state index contributed by atoms with van der Waals surface area (Å²) in [6.07, 6.45) is -5.90. The molecule has 0 aromatic heterocycles. The minimum atomic E-state index is -5.90. The first-order chi connectivity index (χ1) is 9.16. The van der Waals surface area contributed by atoms with Gasteiger partial charge in [-0.25, -0.2) is 0 Å². The molecule has 10 heteroatoms. The number of aliphatic hydroxyl groups is 2. The number of hydrogen-bond donors (Lipinski definition) is 2.